The Kier molecular flexibility index (Phi) is 5.62. The van der Waals surface area contributed by atoms with Crippen molar-refractivity contribution < 1.29 is 8.78 Å². The van der Waals surface area contributed by atoms with Crippen molar-refractivity contribution in [1.29, 1.82) is 0 Å². The highest BCUT2D eigenvalue weighted by Crippen LogP contribution is 2.34. The van der Waals surface area contributed by atoms with Crippen molar-refractivity contribution in [2.45, 2.75) is 19.4 Å². The molecule has 10 heteroatoms. The van der Waals surface area contributed by atoms with Crippen LogP contribution >= 0.6 is 0 Å². The number of nitrogens with two attached hydrogens (primary N) is 2. The molecule has 0 radical (unpaired) electrons. The van der Waals surface area contributed by atoms with Gasteiger partial charge in [-0.05, 0) is 42.1 Å². The van der Waals surface area contributed by atoms with Gasteiger partial charge in [0.1, 0.15) is 23.3 Å². The van der Waals surface area contributed by atoms with Gasteiger partial charge in [0.2, 0.25) is 5.95 Å². The highest BCUT2D eigenvalue weighted by Gasteiger charge is 2.22. The van der Waals surface area contributed by atoms with E-state index < -0.39 is 23.2 Å². The first-order valence-corrected chi connectivity index (χ1v) is 10.0. The molecule has 4 aromatic rings. The topological polar surface area (TPSA) is 116 Å². The largest absolute Gasteiger partial charge is 0.392 e. The fourth-order valence-electron chi connectivity index (χ4n) is 3.73. The highest BCUT2D eigenvalue weighted by atomic mass is 19.1. The number of fused-ring (bicyclic) bond motifs is 1. The molecule has 2 aromatic heterocycles. The van der Waals surface area contributed by atoms with E-state index >= 15 is 0 Å². The molecule has 1 atom stereocenters. The van der Waals surface area contributed by atoms with E-state index in [2.05, 4.69) is 20.1 Å². The summed E-state index contributed by atoms with van der Waals surface area (Å²) in [7, 11) is 0. The number of benzene rings is 2. The van der Waals surface area contributed by atoms with Crippen LogP contribution in [0.1, 0.15) is 25.1 Å². The molecule has 0 amide bonds. The molecule has 0 fully saturated rings. The van der Waals surface area contributed by atoms with Gasteiger partial charge in [-0.15, -0.1) is 0 Å². The minimum atomic E-state index is -0.679. The van der Waals surface area contributed by atoms with Crippen molar-refractivity contribution in [1.82, 2.24) is 14.5 Å². The minimum Gasteiger partial charge on any atom is -0.392 e. The van der Waals surface area contributed by atoms with Crippen LogP contribution in [0.3, 0.4) is 0 Å². The lowest BCUT2D eigenvalue weighted by Crippen LogP contribution is -2.27. The molecule has 0 aliphatic rings. The summed E-state index contributed by atoms with van der Waals surface area (Å²) in [5.74, 6) is -1.34. The first-order chi connectivity index (χ1) is 15.8. The van der Waals surface area contributed by atoms with Crippen molar-refractivity contribution in [3.8, 4) is 5.69 Å². The van der Waals surface area contributed by atoms with Crippen molar-refractivity contribution in [2.75, 3.05) is 16.8 Å². The summed E-state index contributed by atoms with van der Waals surface area (Å²) in [6, 6.07) is 10.8. The lowest BCUT2D eigenvalue weighted by Gasteiger charge is -2.24. The molecule has 5 N–H and O–H groups in total. The second-order valence-corrected chi connectivity index (χ2v) is 7.27. The van der Waals surface area contributed by atoms with Gasteiger partial charge >= 0.3 is 0 Å². The van der Waals surface area contributed by atoms with Crippen LogP contribution in [0.25, 0.3) is 21.3 Å². The average Bonchev–Trinajstić information content (AvgIpc) is 2.77. The van der Waals surface area contributed by atoms with Gasteiger partial charge in [0, 0.05) is 5.69 Å². The fraction of sp³-hybridized carbons (Fsp3) is 0.130. The Balaban J connectivity index is 1.99. The summed E-state index contributed by atoms with van der Waals surface area (Å²) in [5, 5.41) is 3.38. The van der Waals surface area contributed by atoms with Crippen LogP contribution in [-0.2, 0) is 0 Å². The van der Waals surface area contributed by atoms with Gasteiger partial charge in [-0.1, -0.05) is 25.1 Å². The van der Waals surface area contributed by atoms with Gasteiger partial charge in [-0.2, -0.15) is 0 Å². The fourth-order valence-corrected chi connectivity index (χ4v) is 3.73. The van der Waals surface area contributed by atoms with E-state index in [0.29, 0.717) is 17.5 Å². The lowest BCUT2D eigenvalue weighted by molar-refractivity contribution is 0.623. The molecule has 33 heavy (non-hydrogen) atoms. The summed E-state index contributed by atoms with van der Waals surface area (Å²) in [4.78, 5) is 24.7. The van der Waals surface area contributed by atoms with Crippen molar-refractivity contribution in [2.24, 2.45) is 0 Å². The van der Waals surface area contributed by atoms with Gasteiger partial charge in [0.25, 0.3) is 11.2 Å². The quantitative estimate of drug-likeness (QED) is 0.392. The van der Waals surface area contributed by atoms with Crippen LogP contribution in [0.2, 0.25) is 0 Å². The summed E-state index contributed by atoms with van der Waals surface area (Å²) in [5.41, 5.74) is 11.5. The van der Waals surface area contributed by atoms with Gasteiger partial charge in [0.15, 0.2) is 0 Å². The Morgan fingerprint density at radius 1 is 1.15 bits per heavy atom. The number of hydrogen-bond acceptors (Lipinski definition) is 6. The standard InChI is InChI=1S/C23H19F2N7O/c1-3-16(29-21-19(28-2)20(26)30-23(27)31-21)17-10-12-6-4-9-15(25)18(12)22(33)32(17)14-8-5-7-13(24)11-14/h4-11,16H,3H2,1H3,(H5,26,27,29,30,31)/t16-/m0/s1. The molecule has 0 bridgehead atoms. The third-order valence-corrected chi connectivity index (χ3v) is 5.21. The Bertz CT molecular complexity index is 1480. The number of hydrogen-bond donors (Lipinski definition) is 3. The second kappa shape index (κ2) is 8.55. The molecule has 8 nitrogen and oxygen atoms in total. The second-order valence-electron chi connectivity index (χ2n) is 7.27. The summed E-state index contributed by atoms with van der Waals surface area (Å²) in [6.45, 7) is 9.26. The van der Waals surface area contributed by atoms with Gasteiger partial charge in [-0.25, -0.2) is 23.6 Å². The van der Waals surface area contributed by atoms with Crippen LogP contribution in [0.15, 0.2) is 53.3 Å². The van der Waals surface area contributed by atoms with Crippen molar-refractivity contribution >= 4 is 34.0 Å². The number of nitrogens with zero attached hydrogens (tertiary/aromatic N) is 4. The molecular formula is C23H19F2N7O. The Morgan fingerprint density at radius 2 is 1.91 bits per heavy atom. The number of nitrogens with one attached hydrogen (secondary N) is 1. The normalized spacial score (nSPS) is 11.8. The molecule has 2 aromatic carbocycles. The Morgan fingerprint density at radius 3 is 2.61 bits per heavy atom. The molecule has 2 heterocycles. The molecule has 166 valence electrons. The number of halogens is 2. The van der Waals surface area contributed by atoms with Crippen molar-refractivity contribution in [3.63, 3.8) is 0 Å². The smallest absolute Gasteiger partial charge is 0.268 e. The van der Waals surface area contributed by atoms with Crippen LogP contribution in [0.5, 0.6) is 0 Å². The first-order valence-electron chi connectivity index (χ1n) is 10.0. The third-order valence-electron chi connectivity index (χ3n) is 5.21. The zero-order valence-corrected chi connectivity index (χ0v) is 17.5. The number of nitrogen functional groups attached to an aromatic ring is 2. The molecular weight excluding hydrogens is 428 g/mol. The van der Waals surface area contributed by atoms with E-state index in [0.717, 1.165) is 0 Å². The summed E-state index contributed by atoms with van der Waals surface area (Å²) >= 11 is 0. The van der Waals surface area contributed by atoms with Crippen LogP contribution < -0.4 is 22.3 Å². The zero-order chi connectivity index (χ0) is 23.7. The van der Waals surface area contributed by atoms with Gasteiger partial charge in [0.05, 0.1) is 23.7 Å². The molecule has 0 saturated heterocycles. The van der Waals surface area contributed by atoms with Crippen LogP contribution in [-0.4, -0.2) is 14.5 Å². The predicted octanol–water partition coefficient (Wildman–Crippen LogP) is 4.34. The van der Waals surface area contributed by atoms with E-state index in [-0.39, 0.29) is 34.3 Å². The minimum absolute atomic E-state index is 0.0193. The Hall–Kier alpha value is -4.52. The molecule has 0 aliphatic heterocycles. The van der Waals surface area contributed by atoms with E-state index in [1.807, 2.05) is 6.92 Å². The highest BCUT2D eigenvalue weighted by molar-refractivity contribution is 5.83. The van der Waals surface area contributed by atoms with E-state index in [4.69, 9.17) is 18.0 Å². The summed E-state index contributed by atoms with van der Waals surface area (Å²) < 4.78 is 29.9. The Labute approximate surface area is 187 Å². The third kappa shape index (κ3) is 3.92. The van der Waals surface area contributed by atoms with Crippen molar-refractivity contribution in [3.05, 3.63) is 87.6 Å². The van der Waals surface area contributed by atoms with E-state index in [1.54, 1.807) is 18.2 Å². The maximum atomic E-state index is 14.6. The van der Waals surface area contributed by atoms with Crippen LogP contribution in [0, 0.1) is 18.2 Å². The molecule has 4 rings (SSSR count). The molecule has 0 aliphatic carbocycles. The number of rotatable bonds is 5. The number of aromatic nitrogens is 3. The van der Waals surface area contributed by atoms with E-state index in [1.165, 1.54) is 34.9 Å². The molecule has 0 saturated carbocycles. The SMILES string of the molecule is [C-]#[N+]c1c(N)nc(N)nc1N[C@@H](CC)c1cc2cccc(F)c2c(=O)n1-c1cccc(F)c1. The monoisotopic (exact) mass is 447 g/mol. The zero-order valence-electron chi connectivity index (χ0n) is 17.5. The maximum Gasteiger partial charge on any atom is 0.268 e. The van der Waals surface area contributed by atoms with Gasteiger partial charge < -0.3 is 16.8 Å². The summed E-state index contributed by atoms with van der Waals surface area (Å²) in [6.07, 6.45) is 0.427. The molecule has 0 spiro atoms. The predicted molar refractivity (Wildman–Crippen MR) is 123 cm³/mol. The lowest BCUT2D eigenvalue weighted by atomic mass is 10.0. The first kappa shape index (κ1) is 21.7. The van der Waals surface area contributed by atoms with Crippen LogP contribution in [0.4, 0.5) is 32.1 Å². The maximum absolute atomic E-state index is 14.6. The van der Waals surface area contributed by atoms with E-state index in [9.17, 15) is 13.6 Å². The number of anilines is 3. The van der Waals surface area contributed by atoms with Gasteiger partial charge in [-0.3, -0.25) is 9.36 Å². The average molecular weight is 447 g/mol. The number of pyridine rings is 1. The molecule has 0 unspecified atom stereocenters.